The Labute approximate surface area is 139 Å². The highest BCUT2D eigenvalue weighted by atomic mass is 35.5. The lowest BCUT2D eigenvalue weighted by Gasteiger charge is -2.15. The maximum absolute atomic E-state index is 11.8. The predicted octanol–water partition coefficient (Wildman–Crippen LogP) is 3.43. The lowest BCUT2D eigenvalue weighted by Crippen LogP contribution is -2.15. The van der Waals surface area contributed by atoms with E-state index in [1.807, 2.05) is 0 Å². The van der Waals surface area contributed by atoms with Crippen LogP contribution in [-0.4, -0.2) is 13.3 Å². The van der Waals surface area contributed by atoms with Crippen molar-refractivity contribution < 1.29 is 13.3 Å². The van der Waals surface area contributed by atoms with Gasteiger partial charge in [0.25, 0.3) is 5.69 Å². The molecule has 0 fully saturated rings. The summed E-state index contributed by atoms with van der Waals surface area (Å²) in [7, 11) is -3.93. The first kappa shape index (κ1) is 17.4. The summed E-state index contributed by atoms with van der Waals surface area (Å²) < 4.78 is 23.6. The molecule has 2 N–H and O–H groups in total. The maximum Gasteiger partial charge on any atom is 0.278 e. The van der Waals surface area contributed by atoms with Crippen LogP contribution in [0.5, 0.6) is 0 Å². The molecule has 0 aliphatic heterocycles. The quantitative estimate of drug-likeness (QED) is 0.670. The average Bonchev–Trinajstić information content (AvgIpc) is 2.45. The van der Waals surface area contributed by atoms with E-state index < -0.39 is 14.9 Å². The van der Waals surface area contributed by atoms with E-state index in [-0.39, 0.29) is 15.6 Å². The summed E-state index contributed by atoms with van der Waals surface area (Å²) in [6.45, 7) is 3.54. The van der Waals surface area contributed by atoms with Gasteiger partial charge in [-0.2, -0.15) is 0 Å². The van der Waals surface area contributed by atoms with E-state index in [9.17, 15) is 18.5 Å². The lowest BCUT2D eigenvalue weighted by atomic mass is 9.92. The largest absolute Gasteiger partial charge is 0.278 e. The van der Waals surface area contributed by atoms with Crippen LogP contribution in [0.15, 0.2) is 35.2 Å². The number of aryl methyl sites for hydroxylation is 1. The van der Waals surface area contributed by atoms with Crippen molar-refractivity contribution in [2.24, 2.45) is 5.14 Å². The van der Waals surface area contributed by atoms with Gasteiger partial charge in [-0.25, -0.2) is 13.6 Å². The summed E-state index contributed by atoms with van der Waals surface area (Å²) in [5.74, 6) is 0. The van der Waals surface area contributed by atoms with Crippen LogP contribution in [0.2, 0.25) is 5.02 Å². The van der Waals surface area contributed by atoms with Crippen molar-refractivity contribution in [3.63, 3.8) is 0 Å². The van der Waals surface area contributed by atoms with Crippen LogP contribution in [-0.2, 0) is 16.4 Å². The average molecular weight is 355 g/mol. The number of hydrogen-bond donors (Lipinski definition) is 1. The summed E-state index contributed by atoms with van der Waals surface area (Å²) >= 11 is 5.85. The highest BCUT2D eigenvalue weighted by Crippen LogP contribution is 2.38. The molecule has 6 nitrogen and oxygen atoms in total. The van der Waals surface area contributed by atoms with Crippen molar-refractivity contribution in [2.75, 3.05) is 0 Å². The van der Waals surface area contributed by atoms with Crippen LogP contribution in [0.4, 0.5) is 5.69 Å². The zero-order valence-corrected chi connectivity index (χ0v) is 14.1. The number of hydrogen-bond acceptors (Lipinski definition) is 4. The van der Waals surface area contributed by atoms with Crippen molar-refractivity contribution in [3.05, 3.63) is 56.6 Å². The van der Waals surface area contributed by atoms with Crippen molar-refractivity contribution in [1.29, 1.82) is 0 Å². The van der Waals surface area contributed by atoms with E-state index in [0.717, 1.165) is 5.56 Å². The first-order valence-corrected chi connectivity index (χ1v) is 8.68. The van der Waals surface area contributed by atoms with E-state index >= 15 is 0 Å². The molecule has 0 aliphatic carbocycles. The highest BCUT2D eigenvalue weighted by Gasteiger charge is 2.24. The topological polar surface area (TPSA) is 103 Å². The fourth-order valence-electron chi connectivity index (χ4n) is 2.61. The minimum Gasteiger partial charge on any atom is -0.258 e. The second-order valence-corrected chi connectivity index (χ2v) is 7.02. The first-order chi connectivity index (χ1) is 10.7. The van der Waals surface area contributed by atoms with Crippen molar-refractivity contribution >= 4 is 27.3 Å². The van der Waals surface area contributed by atoms with Gasteiger partial charge in [-0.15, -0.1) is 0 Å². The first-order valence-electron chi connectivity index (χ1n) is 6.76. The Kier molecular flexibility index (Phi) is 4.74. The molecule has 0 saturated carbocycles. The van der Waals surface area contributed by atoms with Crippen LogP contribution in [0.1, 0.15) is 18.1 Å². The number of nitrogens with two attached hydrogens (primary N) is 1. The summed E-state index contributed by atoms with van der Waals surface area (Å²) in [5.41, 5.74) is 1.82. The molecular weight excluding hydrogens is 340 g/mol. The molecule has 0 atom stereocenters. The van der Waals surface area contributed by atoms with Gasteiger partial charge in [0, 0.05) is 11.1 Å². The van der Waals surface area contributed by atoms with E-state index in [2.05, 4.69) is 0 Å². The van der Waals surface area contributed by atoms with Gasteiger partial charge in [-0.3, -0.25) is 10.1 Å². The number of nitrogens with zero attached hydrogens (tertiary/aromatic N) is 1. The molecule has 23 heavy (non-hydrogen) atoms. The zero-order valence-electron chi connectivity index (χ0n) is 12.5. The van der Waals surface area contributed by atoms with Gasteiger partial charge in [0.2, 0.25) is 10.0 Å². The summed E-state index contributed by atoms with van der Waals surface area (Å²) in [4.78, 5) is 10.8. The van der Waals surface area contributed by atoms with E-state index in [0.29, 0.717) is 23.1 Å². The van der Waals surface area contributed by atoms with Crippen molar-refractivity contribution in [1.82, 2.24) is 0 Å². The SMILES string of the molecule is CCc1c(S(N)(=O)=O)ccc(C)c1-c1ccc(Cl)cc1[N+](=O)[O-]. The third-order valence-corrected chi connectivity index (χ3v) is 4.79. The molecule has 0 bridgehead atoms. The molecule has 122 valence electrons. The zero-order chi connectivity index (χ0) is 17.4. The smallest absolute Gasteiger partial charge is 0.258 e. The summed E-state index contributed by atoms with van der Waals surface area (Å²) in [6.07, 6.45) is 0.364. The molecule has 0 radical (unpaired) electrons. The number of halogens is 1. The van der Waals surface area contributed by atoms with Crippen LogP contribution in [0.3, 0.4) is 0 Å². The normalized spacial score (nSPS) is 11.5. The van der Waals surface area contributed by atoms with Crippen molar-refractivity contribution in [3.8, 4) is 11.1 Å². The van der Waals surface area contributed by atoms with Crippen LogP contribution < -0.4 is 5.14 Å². The van der Waals surface area contributed by atoms with Gasteiger partial charge in [0.1, 0.15) is 0 Å². The minimum atomic E-state index is -3.93. The molecule has 0 amide bonds. The van der Waals surface area contributed by atoms with Crippen LogP contribution in [0, 0.1) is 17.0 Å². The van der Waals surface area contributed by atoms with Gasteiger partial charge in [-0.1, -0.05) is 24.6 Å². The van der Waals surface area contributed by atoms with Crippen LogP contribution in [0.25, 0.3) is 11.1 Å². The standard InChI is InChI=1S/C15H15ClN2O4S/c1-3-11-14(23(17,21)22)7-4-9(2)15(11)12-6-5-10(16)8-13(12)18(19)20/h4-8H,3H2,1-2H3,(H2,17,21,22). The Balaban J connectivity index is 2.92. The number of nitro groups is 1. The number of benzene rings is 2. The molecule has 2 rings (SSSR count). The van der Waals surface area contributed by atoms with Gasteiger partial charge in [-0.05, 0) is 48.2 Å². The Morgan fingerprint density at radius 2 is 1.91 bits per heavy atom. The van der Waals surface area contributed by atoms with Gasteiger partial charge < -0.3 is 0 Å². The molecule has 2 aromatic rings. The minimum absolute atomic E-state index is 0.0233. The molecule has 0 aliphatic rings. The summed E-state index contributed by atoms with van der Waals surface area (Å²) in [6, 6.07) is 7.32. The van der Waals surface area contributed by atoms with E-state index in [1.165, 1.54) is 24.3 Å². The second kappa shape index (κ2) is 6.27. The Hall–Kier alpha value is -1.96. The highest BCUT2D eigenvalue weighted by molar-refractivity contribution is 7.89. The predicted molar refractivity (Wildman–Crippen MR) is 89.0 cm³/mol. The van der Waals surface area contributed by atoms with E-state index in [4.69, 9.17) is 16.7 Å². The third-order valence-electron chi connectivity index (χ3n) is 3.56. The van der Waals surface area contributed by atoms with Gasteiger partial charge in [0.15, 0.2) is 0 Å². The number of sulfonamides is 1. The molecule has 0 saturated heterocycles. The molecule has 0 aromatic heterocycles. The molecule has 0 heterocycles. The Morgan fingerprint density at radius 3 is 2.43 bits per heavy atom. The van der Waals surface area contributed by atoms with Crippen molar-refractivity contribution in [2.45, 2.75) is 25.2 Å². The summed E-state index contributed by atoms with van der Waals surface area (Å²) in [5, 5.41) is 16.8. The fourth-order valence-corrected chi connectivity index (χ4v) is 3.62. The molecule has 0 unspecified atom stereocenters. The Bertz CT molecular complexity index is 895. The number of rotatable bonds is 4. The monoisotopic (exact) mass is 354 g/mol. The molecular formula is C15H15ClN2O4S. The van der Waals surface area contributed by atoms with Gasteiger partial charge in [0.05, 0.1) is 15.4 Å². The number of nitro benzene ring substituents is 1. The maximum atomic E-state index is 11.8. The lowest BCUT2D eigenvalue weighted by molar-refractivity contribution is -0.384. The second-order valence-electron chi connectivity index (χ2n) is 5.05. The fraction of sp³-hybridized carbons (Fsp3) is 0.200. The number of primary sulfonamides is 1. The van der Waals surface area contributed by atoms with Gasteiger partial charge >= 0.3 is 0 Å². The van der Waals surface area contributed by atoms with E-state index in [1.54, 1.807) is 19.9 Å². The molecule has 0 spiro atoms. The molecule has 2 aromatic carbocycles. The van der Waals surface area contributed by atoms with Crippen LogP contribution >= 0.6 is 11.6 Å². The third kappa shape index (κ3) is 3.36. The Morgan fingerprint density at radius 1 is 1.26 bits per heavy atom. The molecule has 8 heteroatoms.